The van der Waals surface area contributed by atoms with Gasteiger partial charge in [0.05, 0.1) is 26.8 Å². The summed E-state index contributed by atoms with van der Waals surface area (Å²) in [6.45, 7) is 5.00. The molecular weight excluding hydrogens is 382 g/mol. The van der Waals surface area contributed by atoms with Crippen LogP contribution in [-0.4, -0.2) is 43.0 Å². The maximum absolute atomic E-state index is 12.2. The van der Waals surface area contributed by atoms with Crippen molar-refractivity contribution in [3.63, 3.8) is 0 Å². The molecule has 0 saturated carbocycles. The minimum atomic E-state index is 0.167. The number of carbonyl (C=O) groups excluding carboxylic acids is 1. The summed E-state index contributed by atoms with van der Waals surface area (Å²) in [6, 6.07) is 1.88. The van der Waals surface area contributed by atoms with Gasteiger partial charge in [0.15, 0.2) is 5.78 Å². The van der Waals surface area contributed by atoms with Crippen molar-refractivity contribution in [1.29, 1.82) is 0 Å². The lowest BCUT2D eigenvalue weighted by Crippen LogP contribution is -2.44. The molecule has 1 saturated heterocycles. The molecule has 0 radical (unpaired) electrons. The Labute approximate surface area is 128 Å². The normalized spacial score (nSPS) is 21.2. The zero-order chi connectivity index (χ0) is 13.1. The van der Waals surface area contributed by atoms with Crippen molar-refractivity contribution in [2.45, 2.75) is 19.4 Å². The minimum absolute atomic E-state index is 0.167. The summed E-state index contributed by atoms with van der Waals surface area (Å²) in [5.41, 5.74) is 0.770. The number of ketones is 1. The molecule has 1 aliphatic heterocycles. The molecular formula is C12H15Br2NO2S. The van der Waals surface area contributed by atoms with E-state index in [1.165, 1.54) is 11.3 Å². The number of morpholine rings is 1. The van der Waals surface area contributed by atoms with E-state index in [0.717, 1.165) is 39.3 Å². The lowest BCUT2D eigenvalue weighted by molar-refractivity contribution is -0.0271. The number of nitrogens with zero attached hydrogens (tertiary/aromatic N) is 1. The summed E-state index contributed by atoms with van der Waals surface area (Å²) >= 11 is 8.37. The predicted octanol–water partition coefficient (Wildman–Crippen LogP) is 3.57. The van der Waals surface area contributed by atoms with Gasteiger partial charge in [-0.3, -0.25) is 9.69 Å². The highest BCUT2D eigenvalue weighted by molar-refractivity contribution is 9.12. The molecule has 18 heavy (non-hydrogen) atoms. The highest BCUT2D eigenvalue weighted by Gasteiger charge is 2.22. The minimum Gasteiger partial charge on any atom is -0.376 e. The van der Waals surface area contributed by atoms with Gasteiger partial charge in [-0.15, -0.1) is 11.3 Å². The maximum atomic E-state index is 12.2. The van der Waals surface area contributed by atoms with Gasteiger partial charge in [-0.1, -0.05) is 6.92 Å². The standard InChI is InChI=1S/C12H15Br2NO2S/c1-2-8-6-15(3-4-17-8)7-10(16)9-5-11(13)18-12(9)14/h5,8H,2-4,6-7H2,1H3. The number of hydrogen-bond donors (Lipinski definition) is 0. The molecule has 1 aromatic heterocycles. The van der Waals surface area contributed by atoms with E-state index in [4.69, 9.17) is 4.74 Å². The van der Waals surface area contributed by atoms with Crippen LogP contribution in [0.25, 0.3) is 0 Å². The average molecular weight is 397 g/mol. The second kappa shape index (κ2) is 6.61. The Hall–Kier alpha value is 0.250. The predicted molar refractivity (Wildman–Crippen MR) is 80.5 cm³/mol. The third-order valence-electron chi connectivity index (χ3n) is 3.00. The van der Waals surface area contributed by atoms with Gasteiger partial charge in [-0.05, 0) is 44.3 Å². The molecule has 0 aliphatic carbocycles. The molecule has 100 valence electrons. The first kappa shape index (κ1) is 14.7. The lowest BCUT2D eigenvalue weighted by Gasteiger charge is -2.31. The molecule has 2 heterocycles. The van der Waals surface area contributed by atoms with Gasteiger partial charge in [-0.2, -0.15) is 0 Å². The maximum Gasteiger partial charge on any atom is 0.178 e. The van der Waals surface area contributed by atoms with E-state index in [1.807, 2.05) is 6.07 Å². The first-order valence-corrected chi connectivity index (χ1v) is 8.32. The summed E-state index contributed by atoms with van der Waals surface area (Å²) in [5, 5.41) is 0. The zero-order valence-electron chi connectivity index (χ0n) is 10.1. The van der Waals surface area contributed by atoms with E-state index in [-0.39, 0.29) is 11.9 Å². The van der Waals surface area contributed by atoms with Crippen molar-refractivity contribution >= 4 is 49.0 Å². The van der Waals surface area contributed by atoms with Crippen molar-refractivity contribution < 1.29 is 9.53 Å². The molecule has 0 spiro atoms. The monoisotopic (exact) mass is 395 g/mol. The Morgan fingerprint density at radius 2 is 2.39 bits per heavy atom. The Bertz CT molecular complexity index is 436. The molecule has 0 bridgehead atoms. The molecule has 1 aromatic rings. The highest BCUT2D eigenvalue weighted by Crippen LogP contribution is 2.32. The van der Waals surface area contributed by atoms with E-state index in [9.17, 15) is 4.79 Å². The van der Waals surface area contributed by atoms with Crippen molar-refractivity contribution in [3.05, 3.63) is 19.2 Å². The van der Waals surface area contributed by atoms with Crippen LogP contribution in [0.5, 0.6) is 0 Å². The third-order valence-corrected chi connectivity index (χ3v) is 5.34. The van der Waals surface area contributed by atoms with Gasteiger partial charge in [0.25, 0.3) is 0 Å². The van der Waals surface area contributed by atoms with Crippen LogP contribution >= 0.6 is 43.2 Å². The SMILES string of the molecule is CCC1CN(CC(=O)c2cc(Br)sc2Br)CCO1. The van der Waals surface area contributed by atoms with E-state index >= 15 is 0 Å². The number of hydrogen-bond acceptors (Lipinski definition) is 4. The second-order valence-corrected chi connectivity index (χ2v) is 8.05. The summed E-state index contributed by atoms with van der Waals surface area (Å²) < 4.78 is 7.49. The quantitative estimate of drug-likeness (QED) is 0.728. The molecule has 0 N–H and O–H groups in total. The van der Waals surface area contributed by atoms with E-state index in [2.05, 4.69) is 43.7 Å². The Morgan fingerprint density at radius 1 is 1.61 bits per heavy atom. The second-order valence-electron chi connectivity index (χ2n) is 4.30. The molecule has 3 nitrogen and oxygen atoms in total. The van der Waals surface area contributed by atoms with Gasteiger partial charge in [0.1, 0.15) is 0 Å². The number of rotatable bonds is 4. The largest absolute Gasteiger partial charge is 0.376 e. The number of ether oxygens (including phenoxy) is 1. The summed E-state index contributed by atoms with van der Waals surface area (Å²) in [5.74, 6) is 0.167. The first-order chi connectivity index (χ1) is 8.60. The Kier molecular flexibility index (Phi) is 5.38. The smallest absolute Gasteiger partial charge is 0.178 e. The summed E-state index contributed by atoms with van der Waals surface area (Å²) in [7, 11) is 0. The van der Waals surface area contributed by atoms with Crippen LogP contribution in [0.15, 0.2) is 13.6 Å². The van der Waals surface area contributed by atoms with Gasteiger partial charge in [-0.25, -0.2) is 0 Å². The van der Waals surface area contributed by atoms with E-state index in [1.54, 1.807) is 0 Å². The molecule has 1 fully saturated rings. The molecule has 2 rings (SSSR count). The van der Waals surface area contributed by atoms with Crippen LogP contribution in [0.4, 0.5) is 0 Å². The number of halogens is 2. The molecule has 6 heteroatoms. The van der Waals surface area contributed by atoms with Crippen LogP contribution in [0.3, 0.4) is 0 Å². The van der Waals surface area contributed by atoms with Gasteiger partial charge < -0.3 is 4.74 Å². The Morgan fingerprint density at radius 3 is 3.00 bits per heavy atom. The molecule has 0 aromatic carbocycles. The van der Waals surface area contributed by atoms with Crippen LogP contribution in [-0.2, 0) is 4.74 Å². The molecule has 1 unspecified atom stereocenters. The zero-order valence-corrected chi connectivity index (χ0v) is 14.1. The van der Waals surface area contributed by atoms with E-state index in [0.29, 0.717) is 6.54 Å². The van der Waals surface area contributed by atoms with E-state index < -0.39 is 0 Å². The fraction of sp³-hybridized carbons (Fsp3) is 0.583. The Balaban J connectivity index is 1.97. The average Bonchev–Trinajstić information content (AvgIpc) is 2.69. The number of thiophene rings is 1. The topological polar surface area (TPSA) is 29.5 Å². The fourth-order valence-electron chi connectivity index (χ4n) is 1.99. The van der Waals surface area contributed by atoms with Crippen LogP contribution in [0, 0.1) is 0 Å². The number of Topliss-reactive ketones (excluding diaryl/α,β-unsaturated/α-hetero) is 1. The fourth-order valence-corrected chi connectivity index (χ4v) is 4.85. The molecule has 1 atom stereocenters. The van der Waals surface area contributed by atoms with Gasteiger partial charge >= 0.3 is 0 Å². The summed E-state index contributed by atoms with van der Waals surface area (Å²) in [6.07, 6.45) is 1.27. The third kappa shape index (κ3) is 3.63. The van der Waals surface area contributed by atoms with Gasteiger partial charge in [0, 0.05) is 18.7 Å². The highest BCUT2D eigenvalue weighted by atomic mass is 79.9. The molecule has 1 aliphatic rings. The number of carbonyl (C=O) groups is 1. The van der Waals surface area contributed by atoms with Crippen LogP contribution in [0.1, 0.15) is 23.7 Å². The van der Waals surface area contributed by atoms with Crippen LogP contribution in [0.2, 0.25) is 0 Å². The molecule has 0 amide bonds. The van der Waals surface area contributed by atoms with Crippen molar-refractivity contribution in [2.75, 3.05) is 26.2 Å². The van der Waals surface area contributed by atoms with Crippen LogP contribution < -0.4 is 0 Å². The van der Waals surface area contributed by atoms with Crippen molar-refractivity contribution in [3.8, 4) is 0 Å². The van der Waals surface area contributed by atoms with Crippen molar-refractivity contribution in [2.24, 2.45) is 0 Å². The van der Waals surface area contributed by atoms with Crippen molar-refractivity contribution in [1.82, 2.24) is 4.90 Å². The lowest BCUT2D eigenvalue weighted by atomic mass is 10.1. The summed E-state index contributed by atoms with van der Waals surface area (Å²) in [4.78, 5) is 14.4. The van der Waals surface area contributed by atoms with Gasteiger partial charge in [0.2, 0.25) is 0 Å². The first-order valence-electron chi connectivity index (χ1n) is 5.92.